The minimum absolute atomic E-state index is 0.0812. The van der Waals surface area contributed by atoms with Gasteiger partial charge >= 0.3 is 0 Å². The number of carbonyl (C=O) groups is 2. The lowest BCUT2D eigenvalue weighted by atomic mass is 9.47. The molecular formula is C100H116F2N26O6. The summed E-state index contributed by atoms with van der Waals surface area (Å²) in [5, 5.41) is 52.5. The van der Waals surface area contributed by atoms with Gasteiger partial charge in [0.1, 0.15) is 75.5 Å². The number of hydrogen-bond donors (Lipinski definition) is 7. The number of hydrogen-bond acceptors (Lipinski definition) is 30. The monoisotopic (exact) mass is 1810 g/mol. The number of pyridine rings is 2. The van der Waals surface area contributed by atoms with E-state index >= 15 is 0 Å². The maximum Gasteiger partial charge on any atom is 0.269 e. The van der Waals surface area contributed by atoms with Crippen LogP contribution in [-0.2, 0) is 14.3 Å². The van der Waals surface area contributed by atoms with E-state index in [0.717, 1.165) is 239 Å². The van der Waals surface area contributed by atoms with E-state index < -0.39 is 11.2 Å². The average Bonchev–Trinajstić information content (AvgIpc) is 1.38. The van der Waals surface area contributed by atoms with Crippen molar-refractivity contribution in [3.05, 3.63) is 169 Å². The fourth-order valence-electron chi connectivity index (χ4n) is 30.1. The Labute approximate surface area is 777 Å². The average molecular weight is 1820 g/mol. The maximum absolute atomic E-state index is 14.8. The van der Waals surface area contributed by atoms with Gasteiger partial charge in [-0.2, -0.15) is 30.3 Å². The molecule has 16 bridgehead atoms. The first-order chi connectivity index (χ1) is 64.3. The van der Waals surface area contributed by atoms with Crippen LogP contribution in [0.3, 0.4) is 0 Å². The number of nitriles is 1. The van der Waals surface area contributed by atoms with Gasteiger partial charge in [-0.1, -0.05) is 38.5 Å². The SMILES string of the molecule is C=C1N(C)c2cnc(NC3=CC4CCOC4C=C3F)nc2N1C12CC3CC(CC(C#N)(C3)C1)C2.C=C1N(C)c2cnc(NC3=CC4CCOC4C=C3F)nc2N1C12CC3CC(CC(O)(C3)C1)C2.C=C1N(C)c2cnc(Nc3cn4ncnc4cc3C)nc2N1C12CC3CC(C1)C(=O)C(C3)C2.C=C1N(C)c2cnc(Nc3cnc(C(=O)NC)cc3C)nc2N1C12CC3CC(CC(O)(C3)C1)C2. The smallest absolute Gasteiger partial charge is 0.269 e. The summed E-state index contributed by atoms with van der Waals surface area (Å²) in [6.07, 6.45) is 43.8. The number of ketones is 1. The number of halogens is 2. The van der Waals surface area contributed by atoms with Crippen LogP contribution in [0.15, 0.2) is 153 Å². The first-order valence-electron chi connectivity index (χ1n) is 48.1. The van der Waals surface area contributed by atoms with Gasteiger partial charge < -0.3 is 85.5 Å². The molecule has 34 heteroatoms. The van der Waals surface area contributed by atoms with E-state index in [-0.39, 0.29) is 81.0 Å². The van der Waals surface area contributed by atoms with Crippen LogP contribution in [0.2, 0.25) is 0 Å². The second kappa shape index (κ2) is 30.5. The summed E-state index contributed by atoms with van der Waals surface area (Å²) >= 11 is 0. The number of nitrogens with one attached hydrogen (secondary N) is 5. The molecule has 7 aromatic rings. The third-order valence-electron chi connectivity index (χ3n) is 34.4. The van der Waals surface area contributed by atoms with Crippen molar-refractivity contribution >= 4 is 98.5 Å². The predicted octanol–water partition coefficient (Wildman–Crippen LogP) is 15.0. The number of Topliss-reactive ketones (excluding diaryl/α,β-unsaturated/α-hetero) is 1. The third-order valence-corrected chi connectivity index (χ3v) is 34.4. The molecule has 6 aliphatic heterocycles. The number of carbonyl (C=O) groups excluding carboxylic acids is 2. The van der Waals surface area contributed by atoms with Crippen LogP contribution in [0.1, 0.15) is 182 Å². The summed E-state index contributed by atoms with van der Waals surface area (Å²) in [4.78, 5) is 88.4. The van der Waals surface area contributed by atoms with E-state index in [1.165, 1.54) is 19.3 Å². The van der Waals surface area contributed by atoms with Crippen molar-refractivity contribution in [3.8, 4) is 6.07 Å². The number of nitrogens with zero attached hydrogens (tertiary/aromatic N) is 21. The van der Waals surface area contributed by atoms with Crippen LogP contribution in [-0.4, -0.2) is 175 Å². The normalized spacial score (nSPS) is 35.3. The van der Waals surface area contributed by atoms with Gasteiger partial charge in [0.25, 0.3) is 5.91 Å². The lowest BCUT2D eigenvalue weighted by Crippen LogP contribution is -2.65. The topological polar surface area (TPSA) is 349 Å². The summed E-state index contributed by atoms with van der Waals surface area (Å²) in [6.45, 7) is 22.9. The molecule has 31 rings (SSSR count). The highest BCUT2D eigenvalue weighted by Gasteiger charge is 2.66. The van der Waals surface area contributed by atoms with Crippen molar-refractivity contribution in [1.82, 2.24) is 64.8 Å². The summed E-state index contributed by atoms with van der Waals surface area (Å²) in [5.41, 5.74) is 7.22. The maximum atomic E-state index is 14.8. The standard InChI is InChI=1S/C26H29FN6O.C25H30FN5O2.C25H31N7O2.C24H26N8O/c1-15-32(2)21-12-29-24(30-20-6-18-3-4-34-22(18)7-19(20)27)31-23(21)33(15)26-10-16-5-17(11-26)9-25(8-16,13-26)14-28;1-14-30(2)20-12-27-23(28-19-6-17-3-4-33-21(17)7-18(19)26)29-22(20)31(14)24-8-15-5-16(9-24)11-25(32,10-15)13-24;1-14-5-18(22(33)26-3)27-11-19(14)29-23-28-12-20-21(30-23)32(15(2)31(20)4)24-7-16-6-17(8-24)10-25(34,9-16)13-24;1-13-4-20-26-12-27-31(20)11-18(13)28-23-25-10-19-22(29-23)32(14(2)30(19)3)24-7-15-5-16(8-24)21(33)17(6-15)9-24/h6-7,12,16-18,22H,1,3-5,8-11,13H2,2H3,(H,29,30,31);6-7,12,15-17,21,32H,1,3-5,8-11,13H2,2H3,(H,27,28,29);5,11-12,16-17,34H,2,6-10,13H2,1,3-4H3,(H,26,33)(H,28,29,30);4,10-12,15-17H,2,5-9H2,1,3H3,(H,25,28,29). The first kappa shape index (κ1) is 84.9. The minimum Gasteiger partial charge on any atom is -0.390 e. The summed E-state index contributed by atoms with van der Waals surface area (Å²) in [7, 11) is 9.58. The van der Waals surface area contributed by atoms with Gasteiger partial charge in [-0.05, 0) is 251 Å². The second-order valence-corrected chi connectivity index (χ2v) is 43.4. The van der Waals surface area contributed by atoms with Gasteiger partial charge in [0.15, 0.2) is 28.9 Å². The Kier molecular flexibility index (Phi) is 19.3. The van der Waals surface area contributed by atoms with Crippen molar-refractivity contribution in [2.75, 3.05) is 109 Å². The van der Waals surface area contributed by atoms with Gasteiger partial charge in [0.2, 0.25) is 23.8 Å². The van der Waals surface area contributed by atoms with Crippen molar-refractivity contribution in [3.63, 3.8) is 0 Å². The van der Waals surface area contributed by atoms with Crippen LogP contribution >= 0.6 is 0 Å². The van der Waals surface area contributed by atoms with Gasteiger partial charge in [-0.15, -0.1) is 0 Å². The van der Waals surface area contributed by atoms with Crippen molar-refractivity contribution in [2.45, 2.75) is 220 Å². The molecule has 12 atom stereocenters. The number of allylic oxidation sites excluding steroid dienone is 2. The number of ether oxygens (including phenoxy) is 2. The van der Waals surface area contributed by atoms with Gasteiger partial charge in [0.05, 0.1) is 111 Å². The highest BCUT2D eigenvalue weighted by Crippen LogP contribution is 2.68. The molecule has 0 radical (unpaired) electrons. The van der Waals surface area contributed by atoms with Crippen LogP contribution < -0.4 is 65.8 Å². The van der Waals surface area contributed by atoms with Gasteiger partial charge in [-0.25, -0.2) is 43.2 Å². The molecule has 696 valence electrons. The quantitative estimate of drug-likeness (QED) is 0.0564. The van der Waals surface area contributed by atoms with Gasteiger partial charge in [-0.3, -0.25) is 9.59 Å². The minimum atomic E-state index is -0.583. The molecule has 16 saturated carbocycles. The fourth-order valence-corrected chi connectivity index (χ4v) is 30.1. The predicted molar refractivity (Wildman–Crippen MR) is 504 cm³/mol. The highest BCUT2D eigenvalue weighted by atomic mass is 19.1. The first-order valence-corrected chi connectivity index (χ1v) is 48.1. The van der Waals surface area contributed by atoms with Crippen LogP contribution in [0, 0.1) is 95.7 Å². The molecule has 134 heavy (non-hydrogen) atoms. The van der Waals surface area contributed by atoms with Gasteiger partial charge in [0, 0.05) is 77.7 Å². The molecule has 32 nitrogen and oxygen atoms in total. The molecule has 12 unspecified atom stereocenters. The van der Waals surface area contributed by atoms with Crippen LogP contribution in [0.25, 0.3) is 5.65 Å². The lowest BCUT2D eigenvalue weighted by molar-refractivity contribution is -0.141. The summed E-state index contributed by atoms with van der Waals surface area (Å²) in [6, 6.07) is 6.44. The number of amides is 1. The van der Waals surface area contributed by atoms with Crippen LogP contribution in [0.5, 0.6) is 0 Å². The zero-order valence-corrected chi connectivity index (χ0v) is 77.1. The zero-order valence-electron chi connectivity index (χ0n) is 77.1. The molecule has 7 aromatic heterocycles. The van der Waals surface area contributed by atoms with Crippen LogP contribution in [0.4, 0.5) is 90.0 Å². The molecule has 13 heterocycles. The third kappa shape index (κ3) is 13.6. The Morgan fingerprint density at radius 3 is 1.30 bits per heavy atom. The molecule has 2 saturated heterocycles. The molecule has 24 aliphatic rings. The number of aromatic nitrogens is 12. The van der Waals surface area contributed by atoms with Crippen molar-refractivity contribution in [2.24, 2.45) is 70.5 Å². The van der Waals surface area contributed by atoms with E-state index in [0.29, 0.717) is 101 Å². The summed E-state index contributed by atoms with van der Waals surface area (Å²) < 4.78 is 42.4. The van der Waals surface area contributed by atoms with Crippen molar-refractivity contribution in [1.29, 1.82) is 5.26 Å². The molecular weight excluding hydrogens is 1700 g/mol. The highest BCUT2D eigenvalue weighted by molar-refractivity contribution is 5.93. The lowest BCUT2D eigenvalue weighted by Gasteiger charge is -2.62. The van der Waals surface area contributed by atoms with E-state index in [9.17, 15) is 33.8 Å². The summed E-state index contributed by atoms with van der Waals surface area (Å²) in [5.74, 6) is 13.0. The van der Waals surface area contributed by atoms with Crippen molar-refractivity contribution < 1.29 is 38.1 Å². The number of aryl methyl sites for hydroxylation is 2. The largest absolute Gasteiger partial charge is 0.390 e. The molecule has 0 spiro atoms. The van der Waals surface area contributed by atoms with E-state index in [1.54, 1.807) is 54.7 Å². The molecule has 18 fully saturated rings. The Balaban J connectivity index is 0.0000000981. The number of aliphatic hydroxyl groups is 2. The number of anilines is 14. The number of fused-ring (bicyclic) bond motifs is 7. The Hall–Kier alpha value is -12.1. The molecule has 18 aliphatic carbocycles. The Morgan fingerprint density at radius 2 is 0.881 bits per heavy atom. The van der Waals surface area contributed by atoms with E-state index in [4.69, 9.17) is 29.4 Å². The Bertz CT molecular complexity index is 6320. The second-order valence-electron chi connectivity index (χ2n) is 43.4. The van der Waals surface area contributed by atoms with E-state index in [1.807, 2.05) is 93.5 Å². The fraction of sp³-hybridized carbons (Fsp3) is 0.540. The molecule has 1 amide bonds. The number of rotatable bonds is 13. The molecule has 7 N–H and O–H groups in total. The molecule has 0 aromatic carbocycles. The zero-order chi connectivity index (χ0) is 92.1. The Morgan fingerprint density at radius 1 is 0.485 bits per heavy atom. The van der Waals surface area contributed by atoms with E-state index in [2.05, 4.69) is 118 Å².